The van der Waals surface area contributed by atoms with Gasteiger partial charge in [0.15, 0.2) is 0 Å². The number of carboxylic acid groups (broad SMARTS) is 1. The van der Waals surface area contributed by atoms with E-state index in [1.165, 1.54) is 0 Å². The van der Waals surface area contributed by atoms with Crippen LogP contribution in [0.1, 0.15) is 17.3 Å². The highest BCUT2D eigenvalue weighted by Gasteiger charge is 2.19. The van der Waals surface area contributed by atoms with Gasteiger partial charge in [0.1, 0.15) is 0 Å². The molecule has 0 saturated heterocycles. The monoisotopic (exact) mass is 254 g/mol. The molecule has 0 radical (unpaired) electrons. The molecule has 3 N–H and O–H groups in total. The number of aromatic carboxylic acids is 1. The number of anilines is 2. The number of nitrogen functional groups attached to an aromatic ring is 1. The summed E-state index contributed by atoms with van der Waals surface area (Å²) in [6.45, 7) is 2.05. The molecule has 0 aliphatic rings. The predicted molar refractivity (Wildman–Crippen MR) is 74.1 cm³/mol. The molecular weight excluding hydrogens is 236 g/mol. The molecule has 0 aromatic heterocycles. The normalized spacial score (nSPS) is 12.2. The van der Waals surface area contributed by atoms with Gasteiger partial charge in [-0.05, 0) is 25.3 Å². The zero-order valence-corrected chi connectivity index (χ0v) is 11.1. The van der Waals surface area contributed by atoms with Gasteiger partial charge in [-0.1, -0.05) is 6.07 Å². The van der Waals surface area contributed by atoms with Gasteiger partial charge in [0.05, 0.1) is 16.9 Å². The first-order chi connectivity index (χ1) is 7.99. The number of nitrogens with two attached hydrogens (primary N) is 1. The lowest BCUT2D eigenvalue weighted by Crippen LogP contribution is -2.32. The van der Waals surface area contributed by atoms with Crippen LogP contribution in [-0.4, -0.2) is 36.2 Å². The topological polar surface area (TPSA) is 66.6 Å². The van der Waals surface area contributed by atoms with Gasteiger partial charge in [0.25, 0.3) is 0 Å². The maximum atomic E-state index is 11.2. The summed E-state index contributed by atoms with van der Waals surface area (Å²) in [7, 11) is 1.87. The lowest BCUT2D eigenvalue weighted by Gasteiger charge is -2.28. The van der Waals surface area contributed by atoms with Crippen molar-refractivity contribution >= 4 is 29.1 Å². The predicted octanol–water partition coefficient (Wildman–Crippen LogP) is 2.15. The van der Waals surface area contributed by atoms with Crippen molar-refractivity contribution in [1.29, 1.82) is 0 Å². The van der Waals surface area contributed by atoms with Gasteiger partial charge in [-0.3, -0.25) is 0 Å². The molecule has 1 rings (SSSR count). The number of benzene rings is 1. The summed E-state index contributed by atoms with van der Waals surface area (Å²) in [6.07, 6.45) is 2.02. The first-order valence-corrected chi connectivity index (χ1v) is 6.72. The van der Waals surface area contributed by atoms with E-state index in [1.54, 1.807) is 30.0 Å². The third-order valence-electron chi connectivity index (χ3n) is 2.72. The number of thioether (sulfide) groups is 1. The standard InChI is InChI=1S/C12H18N2O2S/c1-8(7-17-3)14(2)11-9(12(15)16)5-4-6-10(11)13/h4-6,8H,7,13H2,1-3H3,(H,15,16). The number of carboxylic acids is 1. The number of rotatable bonds is 5. The van der Waals surface area contributed by atoms with Crippen LogP contribution in [0.3, 0.4) is 0 Å². The molecule has 0 amide bonds. The lowest BCUT2D eigenvalue weighted by molar-refractivity contribution is 0.0697. The largest absolute Gasteiger partial charge is 0.478 e. The van der Waals surface area contributed by atoms with Crippen molar-refractivity contribution in [3.8, 4) is 0 Å². The van der Waals surface area contributed by atoms with E-state index < -0.39 is 5.97 Å². The first kappa shape index (κ1) is 13.7. The minimum absolute atomic E-state index is 0.229. The SMILES string of the molecule is CSCC(C)N(C)c1c(N)cccc1C(=O)O. The Labute approximate surface area is 106 Å². The fraction of sp³-hybridized carbons (Fsp3) is 0.417. The molecule has 0 heterocycles. The smallest absolute Gasteiger partial charge is 0.337 e. The average molecular weight is 254 g/mol. The summed E-state index contributed by atoms with van der Waals surface area (Å²) < 4.78 is 0. The van der Waals surface area contributed by atoms with E-state index in [4.69, 9.17) is 10.8 Å². The number of hydrogen-bond donors (Lipinski definition) is 2. The molecule has 1 unspecified atom stereocenters. The van der Waals surface area contributed by atoms with Crippen molar-refractivity contribution in [3.05, 3.63) is 23.8 Å². The Bertz CT molecular complexity index is 409. The van der Waals surface area contributed by atoms with Crippen molar-refractivity contribution in [1.82, 2.24) is 0 Å². The third kappa shape index (κ3) is 3.06. The molecule has 5 heteroatoms. The lowest BCUT2D eigenvalue weighted by atomic mass is 10.1. The zero-order chi connectivity index (χ0) is 13.0. The Morgan fingerprint density at radius 3 is 2.76 bits per heavy atom. The van der Waals surface area contributed by atoms with Crippen molar-refractivity contribution in [2.75, 3.05) is 29.7 Å². The van der Waals surface area contributed by atoms with E-state index >= 15 is 0 Å². The molecular formula is C12H18N2O2S. The van der Waals surface area contributed by atoms with E-state index in [9.17, 15) is 4.79 Å². The molecule has 0 aliphatic heterocycles. The molecule has 0 spiro atoms. The van der Waals surface area contributed by atoms with Gasteiger partial charge >= 0.3 is 5.97 Å². The molecule has 94 valence electrons. The number of para-hydroxylation sites is 1. The molecule has 0 bridgehead atoms. The van der Waals surface area contributed by atoms with Crippen LogP contribution in [0.5, 0.6) is 0 Å². The van der Waals surface area contributed by atoms with Crippen molar-refractivity contribution in [3.63, 3.8) is 0 Å². The fourth-order valence-electron chi connectivity index (χ4n) is 1.70. The average Bonchev–Trinajstić information content (AvgIpc) is 2.28. The number of hydrogen-bond acceptors (Lipinski definition) is 4. The quantitative estimate of drug-likeness (QED) is 0.788. The third-order valence-corrected chi connectivity index (χ3v) is 3.54. The molecule has 4 nitrogen and oxygen atoms in total. The van der Waals surface area contributed by atoms with E-state index in [0.29, 0.717) is 11.4 Å². The second-order valence-corrected chi connectivity index (χ2v) is 4.87. The van der Waals surface area contributed by atoms with Crippen molar-refractivity contribution in [2.45, 2.75) is 13.0 Å². The van der Waals surface area contributed by atoms with E-state index in [-0.39, 0.29) is 11.6 Å². The van der Waals surface area contributed by atoms with Crippen LogP contribution >= 0.6 is 11.8 Å². The maximum Gasteiger partial charge on any atom is 0.337 e. The second-order valence-electron chi connectivity index (χ2n) is 3.96. The Balaban J connectivity index is 3.15. The van der Waals surface area contributed by atoms with Crippen LogP contribution in [0.15, 0.2) is 18.2 Å². The molecule has 1 aromatic carbocycles. The van der Waals surface area contributed by atoms with Crippen LogP contribution in [0.2, 0.25) is 0 Å². The van der Waals surface area contributed by atoms with Crippen LogP contribution < -0.4 is 10.6 Å². The number of nitrogens with zero attached hydrogens (tertiary/aromatic N) is 1. The number of carbonyl (C=O) groups is 1. The van der Waals surface area contributed by atoms with Gasteiger partial charge in [0, 0.05) is 18.8 Å². The van der Waals surface area contributed by atoms with E-state index in [1.807, 2.05) is 18.2 Å². The fourth-order valence-corrected chi connectivity index (χ4v) is 2.41. The Kier molecular flexibility index (Phi) is 4.69. The zero-order valence-electron chi connectivity index (χ0n) is 10.3. The molecule has 1 aromatic rings. The summed E-state index contributed by atoms with van der Waals surface area (Å²) in [5.41, 5.74) is 7.23. The maximum absolute atomic E-state index is 11.2. The van der Waals surface area contributed by atoms with Gasteiger partial charge in [0.2, 0.25) is 0 Å². The summed E-state index contributed by atoms with van der Waals surface area (Å²) in [6, 6.07) is 5.20. The summed E-state index contributed by atoms with van der Waals surface area (Å²) >= 11 is 1.72. The first-order valence-electron chi connectivity index (χ1n) is 5.32. The van der Waals surface area contributed by atoms with Gasteiger partial charge in [-0.2, -0.15) is 11.8 Å². The molecule has 17 heavy (non-hydrogen) atoms. The molecule has 0 fully saturated rings. The van der Waals surface area contributed by atoms with Gasteiger partial charge in [-0.15, -0.1) is 0 Å². The van der Waals surface area contributed by atoms with Crippen LogP contribution in [0.4, 0.5) is 11.4 Å². The minimum atomic E-state index is -0.949. The van der Waals surface area contributed by atoms with Crippen molar-refractivity contribution < 1.29 is 9.90 Å². The highest BCUT2D eigenvalue weighted by Crippen LogP contribution is 2.29. The second kappa shape index (κ2) is 5.82. The van der Waals surface area contributed by atoms with Gasteiger partial charge in [-0.25, -0.2) is 4.79 Å². The van der Waals surface area contributed by atoms with Gasteiger partial charge < -0.3 is 15.7 Å². The van der Waals surface area contributed by atoms with Crippen LogP contribution in [0.25, 0.3) is 0 Å². The Morgan fingerprint density at radius 1 is 1.59 bits per heavy atom. The minimum Gasteiger partial charge on any atom is -0.478 e. The summed E-state index contributed by atoms with van der Waals surface area (Å²) in [5, 5.41) is 9.16. The highest BCUT2D eigenvalue weighted by atomic mass is 32.2. The van der Waals surface area contributed by atoms with Crippen LogP contribution in [-0.2, 0) is 0 Å². The Morgan fingerprint density at radius 2 is 2.24 bits per heavy atom. The van der Waals surface area contributed by atoms with E-state index in [2.05, 4.69) is 6.92 Å². The molecule has 0 aliphatic carbocycles. The highest BCUT2D eigenvalue weighted by molar-refractivity contribution is 7.98. The Hall–Kier alpha value is -1.36. The summed E-state index contributed by atoms with van der Waals surface area (Å²) in [4.78, 5) is 13.1. The van der Waals surface area contributed by atoms with E-state index in [0.717, 1.165) is 5.75 Å². The molecule has 1 atom stereocenters. The molecule has 0 saturated carbocycles. The van der Waals surface area contributed by atoms with Crippen LogP contribution in [0, 0.1) is 0 Å². The summed E-state index contributed by atoms with van der Waals surface area (Å²) in [5.74, 6) is -0.0281. The van der Waals surface area contributed by atoms with Crippen molar-refractivity contribution in [2.24, 2.45) is 0 Å².